The molecule has 358 valence electrons. The lowest BCUT2D eigenvalue weighted by Gasteiger charge is -2.18. The Kier molecular flexibility index (Phi) is 48.4. The summed E-state index contributed by atoms with van der Waals surface area (Å²) >= 11 is 0. The first-order valence-electron chi connectivity index (χ1n) is 26.3. The van der Waals surface area contributed by atoms with Gasteiger partial charge < -0.3 is 14.2 Å². The van der Waals surface area contributed by atoms with Crippen molar-refractivity contribution in [2.75, 3.05) is 13.2 Å². The van der Waals surface area contributed by atoms with E-state index in [9.17, 15) is 14.4 Å². The van der Waals surface area contributed by atoms with Crippen molar-refractivity contribution in [3.8, 4) is 0 Å². The minimum Gasteiger partial charge on any atom is -0.462 e. The van der Waals surface area contributed by atoms with Gasteiger partial charge in [-0.3, -0.25) is 14.4 Å². The third-order valence-corrected chi connectivity index (χ3v) is 11.3. The van der Waals surface area contributed by atoms with Gasteiger partial charge in [0.05, 0.1) is 0 Å². The monoisotopic (exact) mass is 867 g/mol. The molecule has 0 saturated carbocycles. The average Bonchev–Trinajstić information content (AvgIpc) is 3.27. The van der Waals surface area contributed by atoms with Gasteiger partial charge in [0.15, 0.2) is 6.10 Å². The van der Waals surface area contributed by atoms with Gasteiger partial charge in [0.2, 0.25) is 0 Å². The lowest BCUT2D eigenvalue weighted by Crippen LogP contribution is -2.30. The summed E-state index contributed by atoms with van der Waals surface area (Å²) in [5.41, 5.74) is 0. The Morgan fingerprint density at radius 1 is 0.339 bits per heavy atom. The molecule has 62 heavy (non-hydrogen) atoms. The number of hydrogen-bond acceptors (Lipinski definition) is 6. The van der Waals surface area contributed by atoms with Crippen molar-refractivity contribution in [3.05, 3.63) is 60.8 Å². The molecule has 0 spiro atoms. The predicted molar refractivity (Wildman–Crippen MR) is 265 cm³/mol. The minimum absolute atomic E-state index is 0.0835. The lowest BCUT2D eigenvalue weighted by molar-refractivity contribution is -0.167. The minimum atomic E-state index is -0.786. The first-order chi connectivity index (χ1) is 30.5. The molecule has 0 fully saturated rings. The van der Waals surface area contributed by atoms with E-state index in [1.54, 1.807) is 0 Å². The quantitative estimate of drug-likeness (QED) is 0.0262. The zero-order valence-corrected chi connectivity index (χ0v) is 40.9. The Morgan fingerprint density at radius 3 is 1.00 bits per heavy atom. The molecule has 6 nitrogen and oxygen atoms in total. The van der Waals surface area contributed by atoms with Gasteiger partial charge in [0.25, 0.3) is 0 Å². The second kappa shape index (κ2) is 50.8. The number of carbonyl (C=O) groups excluding carboxylic acids is 3. The molecule has 0 aromatic carbocycles. The summed E-state index contributed by atoms with van der Waals surface area (Å²) in [4.78, 5) is 38.0. The summed E-state index contributed by atoms with van der Waals surface area (Å²) in [5, 5.41) is 0. The van der Waals surface area contributed by atoms with Crippen LogP contribution in [-0.2, 0) is 28.6 Å². The Morgan fingerprint density at radius 2 is 0.629 bits per heavy atom. The van der Waals surface area contributed by atoms with Crippen LogP contribution in [0.25, 0.3) is 0 Å². The number of unbranched alkanes of at least 4 members (excludes halogenated alkanes) is 26. The van der Waals surface area contributed by atoms with E-state index in [0.717, 1.165) is 109 Å². The van der Waals surface area contributed by atoms with E-state index in [1.807, 2.05) is 0 Å². The van der Waals surface area contributed by atoms with Gasteiger partial charge in [-0.15, -0.1) is 0 Å². The average molecular weight is 867 g/mol. The zero-order chi connectivity index (χ0) is 45.1. The van der Waals surface area contributed by atoms with Crippen molar-refractivity contribution in [2.45, 2.75) is 264 Å². The molecule has 0 aromatic heterocycles. The Labute approximate surface area is 383 Å². The molecular formula is C56H98O6. The lowest BCUT2D eigenvalue weighted by atomic mass is 10.0. The molecule has 0 aliphatic carbocycles. The van der Waals surface area contributed by atoms with Crippen LogP contribution < -0.4 is 0 Å². The first kappa shape index (κ1) is 59.1. The van der Waals surface area contributed by atoms with Crippen LogP contribution in [-0.4, -0.2) is 37.2 Å². The predicted octanol–water partition coefficient (Wildman–Crippen LogP) is 17.3. The van der Waals surface area contributed by atoms with Gasteiger partial charge in [0, 0.05) is 19.3 Å². The largest absolute Gasteiger partial charge is 0.462 e. The van der Waals surface area contributed by atoms with E-state index in [2.05, 4.69) is 81.5 Å². The van der Waals surface area contributed by atoms with Crippen LogP contribution in [0, 0.1) is 0 Å². The number of ether oxygens (including phenoxy) is 3. The van der Waals surface area contributed by atoms with Crippen LogP contribution in [0.3, 0.4) is 0 Å². The number of allylic oxidation sites excluding steroid dienone is 10. The van der Waals surface area contributed by atoms with Gasteiger partial charge in [-0.1, -0.05) is 216 Å². The number of rotatable bonds is 47. The van der Waals surface area contributed by atoms with Crippen LogP contribution in [0.4, 0.5) is 0 Å². The normalized spacial score (nSPS) is 12.5. The van der Waals surface area contributed by atoms with Crippen molar-refractivity contribution >= 4 is 17.9 Å². The Balaban J connectivity index is 4.42. The maximum atomic E-state index is 12.8. The summed E-state index contributed by atoms with van der Waals surface area (Å²) in [5.74, 6) is -0.911. The number of carbonyl (C=O) groups is 3. The maximum Gasteiger partial charge on any atom is 0.306 e. The summed E-state index contributed by atoms with van der Waals surface area (Å²) in [6, 6.07) is 0. The van der Waals surface area contributed by atoms with E-state index >= 15 is 0 Å². The van der Waals surface area contributed by atoms with Gasteiger partial charge in [0.1, 0.15) is 13.2 Å². The van der Waals surface area contributed by atoms with E-state index in [1.165, 1.54) is 109 Å². The smallest absolute Gasteiger partial charge is 0.306 e. The molecule has 0 aliphatic rings. The maximum absolute atomic E-state index is 12.8. The fraction of sp³-hybridized carbons (Fsp3) is 0.768. The second-order valence-corrected chi connectivity index (χ2v) is 17.4. The van der Waals surface area contributed by atoms with Crippen LogP contribution in [0.2, 0.25) is 0 Å². The highest BCUT2D eigenvalue weighted by molar-refractivity contribution is 5.71. The van der Waals surface area contributed by atoms with Crippen molar-refractivity contribution in [1.82, 2.24) is 0 Å². The topological polar surface area (TPSA) is 78.9 Å². The highest BCUT2D eigenvalue weighted by Gasteiger charge is 2.19. The van der Waals surface area contributed by atoms with Gasteiger partial charge in [-0.05, 0) is 83.5 Å². The standard InChI is InChI=1S/C56H98O6/c1-4-7-10-13-16-19-22-25-27-28-30-31-34-37-40-43-46-49-55(58)61-52-53(51-60-54(57)48-45-42-39-36-33-24-21-18-15-12-9-6-3)62-56(59)50-47-44-41-38-35-32-29-26-23-20-17-14-11-8-5-2/h7,10,16,19,25-27,29-31,53H,4-6,8-9,11-15,17-18,20-24,28,32-52H2,1-3H3/b10-7-,19-16-,27-25-,29-26-,31-30-/t53-/m0/s1. The van der Waals surface area contributed by atoms with E-state index < -0.39 is 6.10 Å². The highest BCUT2D eigenvalue weighted by Crippen LogP contribution is 2.15. The van der Waals surface area contributed by atoms with E-state index in [4.69, 9.17) is 14.2 Å². The van der Waals surface area contributed by atoms with Gasteiger partial charge in [-0.25, -0.2) is 0 Å². The molecule has 0 radical (unpaired) electrons. The molecule has 0 saturated heterocycles. The third kappa shape index (κ3) is 48.1. The van der Waals surface area contributed by atoms with E-state index in [-0.39, 0.29) is 31.1 Å². The first-order valence-corrected chi connectivity index (χ1v) is 26.3. The summed E-state index contributed by atoms with van der Waals surface area (Å²) in [6.45, 7) is 6.50. The van der Waals surface area contributed by atoms with Crippen LogP contribution in [0.15, 0.2) is 60.8 Å². The van der Waals surface area contributed by atoms with Crippen LogP contribution in [0.5, 0.6) is 0 Å². The molecule has 0 aromatic rings. The molecule has 0 N–H and O–H groups in total. The fourth-order valence-corrected chi connectivity index (χ4v) is 7.31. The Bertz CT molecular complexity index is 1130. The van der Waals surface area contributed by atoms with Crippen molar-refractivity contribution in [3.63, 3.8) is 0 Å². The van der Waals surface area contributed by atoms with Crippen molar-refractivity contribution < 1.29 is 28.6 Å². The highest BCUT2D eigenvalue weighted by atomic mass is 16.6. The third-order valence-electron chi connectivity index (χ3n) is 11.3. The molecular weight excluding hydrogens is 769 g/mol. The Hall–Kier alpha value is -2.89. The molecule has 6 heteroatoms. The molecule has 0 heterocycles. The van der Waals surface area contributed by atoms with Gasteiger partial charge >= 0.3 is 17.9 Å². The molecule has 0 amide bonds. The molecule has 0 rings (SSSR count). The summed E-state index contributed by atoms with van der Waals surface area (Å²) in [7, 11) is 0. The zero-order valence-electron chi connectivity index (χ0n) is 40.9. The fourth-order valence-electron chi connectivity index (χ4n) is 7.31. The van der Waals surface area contributed by atoms with Crippen LogP contribution in [0.1, 0.15) is 258 Å². The van der Waals surface area contributed by atoms with Crippen molar-refractivity contribution in [2.24, 2.45) is 0 Å². The molecule has 0 aliphatic heterocycles. The number of hydrogen-bond donors (Lipinski definition) is 0. The SMILES string of the molecule is CC/C=C\C/C=C\C/C=C\C/C=C\CCCCCCC(=O)OC[C@H](COC(=O)CCCCCCCCCCCCCC)OC(=O)CCCCCCC/C=C\CCCCCCCC. The van der Waals surface area contributed by atoms with Gasteiger partial charge in [-0.2, -0.15) is 0 Å². The molecule has 0 unspecified atom stereocenters. The second-order valence-electron chi connectivity index (χ2n) is 17.4. The van der Waals surface area contributed by atoms with Crippen LogP contribution >= 0.6 is 0 Å². The summed E-state index contributed by atoms with van der Waals surface area (Å²) < 4.78 is 16.8. The summed E-state index contributed by atoms with van der Waals surface area (Å²) in [6.07, 6.45) is 62.0. The molecule has 0 bridgehead atoms. The number of esters is 3. The molecule has 1 atom stereocenters. The van der Waals surface area contributed by atoms with Crippen molar-refractivity contribution in [1.29, 1.82) is 0 Å². The van der Waals surface area contributed by atoms with E-state index in [0.29, 0.717) is 19.3 Å².